The van der Waals surface area contributed by atoms with Crippen molar-refractivity contribution in [1.29, 1.82) is 0 Å². The molecular weight excluding hydrogens is 305 g/mol. The number of benzene rings is 1. The molecule has 0 bridgehead atoms. The minimum atomic E-state index is 0.586. The van der Waals surface area contributed by atoms with Gasteiger partial charge in [-0.15, -0.1) is 10.2 Å². The molecule has 2 aromatic rings. The van der Waals surface area contributed by atoms with E-state index in [-0.39, 0.29) is 0 Å². The topological polar surface area (TPSA) is 47.0 Å². The van der Waals surface area contributed by atoms with Crippen LogP contribution >= 0.6 is 34.5 Å². The maximum absolute atomic E-state index is 6.14. The standard InChI is InChI=1S/C12H13Cl2N3OS/c1-18-6-5-15-7-10-16-17-12(19-10)11-8(13)3-2-4-9(11)14/h2-4,15H,5-7H2,1H3. The number of aromatic nitrogens is 2. The fraction of sp³-hybridized carbons (Fsp3) is 0.333. The number of rotatable bonds is 6. The first-order valence-corrected chi connectivity index (χ1v) is 7.26. The quantitative estimate of drug-likeness (QED) is 0.831. The number of hydrogen-bond acceptors (Lipinski definition) is 5. The van der Waals surface area contributed by atoms with E-state index in [1.807, 2.05) is 6.07 Å². The van der Waals surface area contributed by atoms with Crippen LogP contribution in [-0.2, 0) is 11.3 Å². The molecular formula is C12H13Cl2N3OS. The van der Waals surface area contributed by atoms with Crippen LogP contribution in [0.25, 0.3) is 10.6 Å². The maximum atomic E-state index is 6.14. The normalized spacial score (nSPS) is 10.9. The van der Waals surface area contributed by atoms with Gasteiger partial charge in [0.05, 0.1) is 16.7 Å². The zero-order valence-corrected chi connectivity index (χ0v) is 12.6. The number of nitrogens with zero attached hydrogens (tertiary/aromatic N) is 2. The summed E-state index contributed by atoms with van der Waals surface area (Å²) in [6.07, 6.45) is 0. The fourth-order valence-electron chi connectivity index (χ4n) is 1.50. The van der Waals surface area contributed by atoms with Crippen molar-refractivity contribution in [3.8, 4) is 10.6 Å². The molecule has 2 rings (SSSR count). The number of halogens is 2. The van der Waals surface area contributed by atoms with E-state index in [0.29, 0.717) is 23.2 Å². The van der Waals surface area contributed by atoms with Gasteiger partial charge in [0, 0.05) is 25.8 Å². The molecule has 0 aliphatic carbocycles. The smallest absolute Gasteiger partial charge is 0.150 e. The molecule has 0 saturated heterocycles. The molecule has 1 aromatic carbocycles. The van der Waals surface area contributed by atoms with E-state index in [2.05, 4.69) is 15.5 Å². The third-order valence-electron chi connectivity index (χ3n) is 2.40. The van der Waals surface area contributed by atoms with Gasteiger partial charge in [-0.1, -0.05) is 40.6 Å². The van der Waals surface area contributed by atoms with E-state index in [4.69, 9.17) is 27.9 Å². The van der Waals surface area contributed by atoms with Crippen LogP contribution in [-0.4, -0.2) is 30.5 Å². The third-order valence-corrected chi connectivity index (χ3v) is 3.97. The molecule has 0 fully saturated rings. The first kappa shape index (κ1) is 14.7. The minimum absolute atomic E-state index is 0.586. The van der Waals surface area contributed by atoms with Gasteiger partial charge < -0.3 is 10.1 Å². The summed E-state index contributed by atoms with van der Waals surface area (Å²) in [5, 5.41) is 14.3. The zero-order chi connectivity index (χ0) is 13.7. The molecule has 0 radical (unpaired) electrons. The summed E-state index contributed by atoms with van der Waals surface area (Å²) in [6, 6.07) is 5.39. The van der Waals surface area contributed by atoms with Crippen LogP contribution in [0.3, 0.4) is 0 Å². The van der Waals surface area contributed by atoms with Crippen molar-refractivity contribution in [1.82, 2.24) is 15.5 Å². The van der Waals surface area contributed by atoms with Crippen LogP contribution < -0.4 is 5.32 Å². The molecule has 1 aromatic heterocycles. The van der Waals surface area contributed by atoms with Crippen LogP contribution in [0.4, 0.5) is 0 Å². The molecule has 0 saturated carbocycles. The average molecular weight is 318 g/mol. The van der Waals surface area contributed by atoms with Gasteiger partial charge in [0.1, 0.15) is 5.01 Å². The highest BCUT2D eigenvalue weighted by Gasteiger charge is 2.13. The Morgan fingerprint density at radius 1 is 1.26 bits per heavy atom. The Kier molecular flexibility index (Phi) is 5.54. The van der Waals surface area contributed by atoms with Gasteiger partial charge in [0.25, 0.3) is 0 Å². The molecule has 0 unspecified atom stereocenters. The van der Waals surface area contributed by atoms with Crippen molar-refractivity contribution in [2.75, 3.05) is 20.3 Å². The van der Waals surface area contributed by atoms with E-state index in [1.54, 1.807) is 19.2 Å². The van der Waals surface area contributed by atoms with Crippen LogP contribution in [0, 0.1) is 0 Å². The number of hydrogen-bond donors (Lipinski definition) is 1. The van der Waals surface area contributed by atoms with Crippen molar-refractivity contribution in [3.05, 3.63) is 33.3 Å². The summed E-state index contributed by atoms with van der Waals surface area (Å²) in [5.41, 5.74) is 0.742. The maximum Gasteiger partial charge on any atom is 0.150 e. The predicted octanol–water partition coefficient (Wildman–Crippen LogP) is 3.25. The van der Waals surface area contributed by atoms with Crippen molar-refractivity contribution < 1.29 is 4.74 Å². The minimum Gasteiger partial charge on any atom is -0.383 e. The van der Waals surface area contributed by atoms with Crippen LogP contribution in [0.1, 0.15) is 5.01 Å². The molecule has 0 aliphatic rings. The first-order valence-electron chi connectivity index (χ1n) is 5.69. The van der Waals surface area contributed by atoms with Gasteiger partial charge in [-0.2, -0.15) is 0 Å². The third kappa shape index (κ3) is 3.87. The van der Waals surface area contributed by atoms with Gasteiger partial charge in [-0.3, -0.25) is 0 Å². The van der Waals surface area contributed by atoms with E-state index in [9.17, 15) is 0 Å². The summed E-state index contributed by atoms with van der Waals surface area (Å²) in [5.74, 6) is 0. The second kappa shape index (κ2) is 7.17. The Morgan fingerprint density at radius 3 is 2.68 bits per heavy atom. The van der Waals surface area contributed by atoms with Crippen LogP contribution in [0.2, 0.25) is 10.0 Å². The zero-order valence-electron chi connectivity index (χ0n) is 10.3. The molecule has 7 heteroatoms. The summed E-state index contributed by atoms with van der Waals surface area (Å²) >= 11 is 13.8. The van der Waals surface area contributed by atoms with E-state index in [0.717, 1.165) is 22.1 Å². The van der Waals surface area contributed by atoms with E-state index in [1.165, 1.54) is 11.3 Å². The summed E-state index contributed by atoms with van der Waals surface area (Å²) in [4.78, 5) is 0. The second-order valence-electron chi connectivity index (χ2n) is 3.77. The number of nitrogens with one attached hydrogen (secondary N) is 1. The summed E-state index contributed by atoms with van der Waals surface area (Å²) < 4.78 is 4.96. The molecule has 0 amide bonds. The monoisotopic (exact) mass is 317 g/mol. The van der Waals surface area contributed by atoms with Crippen LogP contribution in [0.15, 0.2) is 18.2 Å². The lowest BCUT2D eigenvalue weighted by atomic mass is 10.2. The van der Waals surface area contributed by atoms with E-state index >= 15 is 0 Å². The van der Waals surface area contributed by atoms with Crippen LogP contribution in [0.5, 0.6) is 0 Å². The highest BCUT2D eigenvalue weighted by atomic mass is 35.5. The average Bonchev–Trinajstić information content (AvgIpc) is 2.83. The molecule has 19 heavy (non-hydrogen) atoms. The van der Waals surface area contributed by atoms with Crippen molar-refractivity contribution in [3.63, 3.8) is 0 Å². The lowest BCUT2D eigenvalue weighted by Crippen LogP contribution is -2.18. The van der Waals surface area contributed by atoms with Gasteiger partial charge >= 0.3 is 0 Å². The molecule has 1 heterocycles. The van der Waals surface area contributed by atoms with Crippen molar-refractivity contribution in [2.45, 2.75) is 6.54 Å². The number of ether oxygens (including phenoxy) is 1. The van der Waals surface area contributed by atoms with Gasteiger partial charge in [-0.05, 0) is 12.1 Å². The lowest BCUT2D eigenvalue weighted by Gasteiger charge is -2.01. The second-order valence-corrected chi connectivity index (χ2v) is 5.64. The lowest BCUT2D eigenvalue weighted by molar-refractivity contribution is 0.199. The van der Waals surface area contributed by atoms with Gasteiger partial charge in [0.15, 0.2) is 5.01 Å². The van der Waals surface area contributed by atoms with Gasteiger partial charge in [-0.25, -0.2) is 0 Å². The fourth-order valence-corrected chi connectivity index (χ4v) is 3.07. The highest BCUT2D eigenvalue weighted by Crippen LogP contribution is 2.35. The van der Waals surface area contributed by atoms with Crippen molar-refractivity contribution >= 4 is 34.5 Å². The first-order chi connectivity index (χ1) is 9.22. The molecule has 0 spiro atoms. The highest BCUT2D eigenvalue weighted by molar-refractivity contribution is 7.14. The summed E-state index contributed by atoms with van der Waals surface area (Å²) in [6.45, 7) is 2.10. The Hall–Kier alpha value is -0.720. The molecule has 4 nitrogen and oxygen atoms in total. The van der Waals surface area contributed by atoms with Crippen molar-refractivity contribution in [2.24, 2.45) is 0 Å². The Balaban J connectivity index is 2.08. The molecule has 0 aliphatic heterocycles. The van der Waals surface area contributed by atoms with E-state index < -0.39 is 0 Å². The Labute approximate surface area is 125 Å². The Morgan fingerprint density at radius 2 is 2.00 bits per heavy atom. The SMILES string of the molecule is COCCNCc1nnc(-c2c(Cl)cccc2Cl)s1. The molecule has 102 valence electrons. The summed E-state index contributed by atoms with van der Waals surface area (Å²) in [7, 11) is 1.67. The molecule has 1 N–H and O–H groups in total. The largest absolute Gasteiger partial charge is 0.383 e. The Bertz CT molecular complexity index is 527. The number of methoxy groups -OCH3 is 1. The predicted molar refractivity (Wildman–Crippen MR) is 78.9 cm³/mol. The molecule has 0 atom stereocenters. The van der Waals surface area contributed by atoms with Gasteiger partial charge in [0.2, 0.25) is 0 Å².